The van der Waals surface area contributed by atoms with E-state index < -0.39 is 11.2 Å². The van der Waals surface area contributed by atoms with E-state index in [1.165, 1.54) is 55.6 Å². The summed E-state index contributed by atoms with van der Waals surface area (Å²) in [5.41, 5.74) is 13.0. The summed E-state index contributed by atoms with van der Waals surface area (Å²) >= 11 is 0. The van der Waals surface area contributed by atoms with Gasteiger partial charge in [0.25, 0.3) is 0 Å². The maximum absolute atomic E-state index is 10.6. The third kappa shape index (κ3) is 13.5. The van der Waals surface area contributed by atoms with E-state index in [2.05, 4.69) is 198 Å². The van der Waals surface area contributed by atoms with Gasteiger partial charge in [-0.15, -0.1) is 0 Å². The van der Waals surface area contributed by atoms with Crippen molar-refractivity contribution in [1.29, 1.82) is 0 Å². The summed E-state index contributed by atoms with van der Waals surface area (Å²) in [7, 11) is -0.343. The summed E-state index contributed by atoms with van der Waals surface area (Å²) < 4.78 is 12.5. The molecule has 6 rings (SSSR count). The Balaban J connectivity index is 0.000000296. The molecule has 0 spiro atoms. The molecule has 0 amide bonds. The van der Waals surface area contributed by atoms with E-state index in [1.807, 2.05) is 39.8 Å². The third-order valence-electron chi connectivity index (χ3n) is 16.7. The van der Waals surface area contributed by atoms with E-state index in [-0.39, 0.29) is 35.3 Å². The molecule has 0 aliphatic carbocycles. The van der Waals surface area contributed by atoms with Crippen molar-refractivity contribution in [2.45, 2.75) is 195 Å². The van der Waals surface area contributed by atoms with Gasteiger partial charge in [-0.25, -0.2) is 0 Å². The van der Waals surface area contributed by atoms with E-state index in [1.54, 1.807) is 0 Å². The molecule has 6 nitrogen and oxygen atoms in total. The summed E-state index contributed by atoms with van der Waals surface area (Å²) in [4.78, 5) is 16.2. The van der Waals surface area contributed by atoms with Crippen molar-refractivity contribution in [2.24, 2.45) is 0 Å². The molecule has 1 aliphatic rings. The average Bonchev–Trinajstić information content (AvgIpc) is 3.62. The van der Waals surface area contributed by atoms with Gasteiger partial charge >= 0.3 is 13.3 Å². The molecule has 72 heavy (non-hydrogen) atoms. The standard InChI is InChI=1S/C33H42O.C31H45BO3.CO2/c1-7-26-13-12-14-29(24-26)28-16-18-30(19-17-28)33(10-4,11-5)31-20-15-27(25(6)23-31)21-22-32(34,8-2)9-3;1-10-30(33,11-2)21-20-24-14-15-26(22-23(24)5)31(12-3,13-4)25-16-18-27(19-17-25)32-34-28(6,7)29(8,9)35-32;2-1-3/h12-24,34H,7-11H2,1-6H3;14-22,33H,10-13H2,1-9H3;/b22-21+;21-20+;. The van der Waals surface area contributed by atoms with Gasteiger partial charge < -0.3 is 19.5 Å². The molecule has 5 aromatic rings. The zero-order chi connectivity index (χ0) is 53.5. The monoisotopic (exact) mass is 975 g/mol. The normalized spacial score (nSPS) is 14.7. The van der Waals surface area contributed by atoms with Crippen LogP contribution in [0.3, 0.4) is 0 Å². The Bertz CT molecular complexity index is 2560. The smallest absolute Gasteiger partial charge is 0.399 e. The molecule has 1 fully saturated rings. The van der Waals surface area contributed by atoms with Crippen LogP contribution in [0.5, 0.6) is 0 Å². The van der Waals surface area contributed by atoms with Gasteiger partial charge in [0.15, 0.2) is 0 Å². The van der Waals surface area contributed by atoms with Crippen molar-refractivity contribution >= 4 is 30.9 Å². The molecule has 0 bridgehead atoms. The van der Waals surface area contributed by atoms with E-state index in [0.717, 1.165) is 56.0 Å². The molecule has 1 heterocycles. The van der Waals surface area contributed by atoms with E-state index in [4.69, 9.17) is 18.9 Å². The van der Waals surface area contributed by atoms with Crippen molar-refractivity contribution in [3.8, 4) is 11.1 Å². The first-order chi connectivity index (χ1) is 34.1. The largest absolute Gasteiger partial charge is 0.494 e. The molecule has 0 unspecified atom stereocenters. The molecule has 1 saturated heterocycles. The highest BCUT2D eigenvalue weighted by Gasteiger charge is 2.51. The van der Waals surface area contributed by atoms with Gasteiger partial charge in [0.05, 0.1) is 22.4 Å². The lowest BCUT2D eigenvalue weighted by atomic mass is 9.69. The fourth-order valence-corrected chi connectivity index (χ4v) is 10.1. The molecular weight excluding hydrogens is 888 g/mol. The topological polar surface area (TPSA) is 93.1 Å². The van der Waals surface area contributed by atoms with Crippen molar-refractivity contribution in [3.05, 3.63) is 171 Å². The first kappa shape index (κ1) is 59.4. The quantitative estimate of drug-likeness (QED) is 0.0801. The van der Waals surface area contributed by atoms with Crippen molar-refractivity contribution in [1.82, 2.24) is 0 Å². The number of aryl methyl sites for hydroxylation is 3. The molecule has 7 heteroatoms. The first-order valence-electron chi connectivity index (χ1n) is 26.8. The minimum absolute atomic E-state index is 0.00955. The van der Waals surface area contributed by atoms with Crippen LogP contribution in [-0.2, 0) is 36.1 Å². The van der Waals surface area contributed by atoms with Crippen LogP contribution >= 0.6 is 0 Å². The van der Waals surface area contributed by atoms with Crippen LogP contribution in [0.2, 0.25) is 0 Å². The minimum Gasteiger partial charge on any atom is -0.399 e. The van der Waals surface area contributed by atoms with E-state index >= 15 is 0 Å². The third-order valence-corrected chi connectivity index (χ3v) is 16.7. The maximum atomic E-state index is 10.6. The molecule has 2 N–H and O–H groups in total. The van der Waals surface area contributed by atoms with Crippen LogP contribution in [0, 0.1) is 13.8 Å². The van der Waals surface area contributed by atoms with Crippen molar-refractivity contribution in [2.75, 3.05) is 0 Å². The van der Waals surface area contributed by atoms with Crippen LogP contribution in [0.4, 0.5) is 0 Å². The average molecular weight is 975 g/mol. The highest BCUT2D eigenvalue weighted by atomic mass is 16.7. The van der Waals surface area contributed by atoms with Gasteiger partial charge in [-0.3, -0.25) is 0 Å². The van der Waals surface area contributed by atoms with Gasteiger partial charge in [0.2, 0.25) is 0 Å². The number of aliphatic hydroxyl groups is 2. The second-order valence-corrected chi connectivity index (χ2v) is 20.9. The fraction of sp³-hybridized carbons (Fsp3) is 0.462. The van der Waals surface area contributed by atoms with Crippen LogP contribution < -0.4 is 5.46 Å². The number of hydrogen-bond donors (Lipinski definition) is 2. The highest BCUT2D eigenvalue weighted by molar-refractivity contribution is 6.62. The summed E-state index contributed by atoms with van der Waals surface area (Å²) in [6.07, 6.45) is 16.4. The molecule has 0 radical (unpaired) electrons. The second-order valence-electron chi connectivity index (χ2n) is 20.9. The Kier molecular flexibility index (Phi) is 21.2. The van der Waals surface area contributed by atoms with Gasteiger partial charge in [-0.05, 0) is 166 Å². The Morgan fingerprint density at radius 2 is 0.875 bits per heavy atom. The lowest BCUT2D eigenvalue weighted by Crippen LogP contribution is -2.41. The fourth-order valence-electron chi connectivity index (χ4n) is 10.1. The molecule has 0 saturated carbocycles. The first-order valence-corrected chi connectivity index (χ1v) is 26.8. The SMILES string of the molecule is CCC(O)(/C=C/c1ccc(C(CC)(CC)c2ccc(B3OC(C)(C)C(C)(C)O3)cc2)cc1C)CC.CCc1cccc(-c2ccc(C(CC)(CC)c3ccc(/C=C/C(O)(CC)CC)c(C)c3)cc2)c1.O=C=O. The van der Waals surface area contributed by atoms with E-state index in [0.29, 0.717) is 12.8 Å². The molecular formula is C65H87BO6. The van der Waals surface area contributed by atoms with Gasteiger partial charge in [0.1, 0.15) is 0 Å². The second kappa shape index (κ2) is 25.7. The molecule has 0 aromatic heterocycles. The van der Waals surface area contributed by atoms with E-state index in [9.17, 15) is 10.2 Å². The summed E-state index contributed by atoms with van der Waals surface area (Å²) in [6, 6.07) is 40.5. The Morgan fingerprint density at radius 1 is 0.500 bits per heavy atom. The molecule has 0 atom stereocenters. The van der Waals surface area contributed by atoms with Crippen LogP contribution in [0.15, 0.2) is 121 Å². The number of benzene rings is 5. The molecule has 1 aliphatic heterocycles. The van der Waals surface area contributed by atoms with Crippen LogP contribution in [0.1, 0.15) is 191 Å². The predicted octanol–water partition coefficient (Wildman–Crippen LogP) is 15.3. The van der Waals surface area contributed by atoms with Crippen LogP contribution in [0.25, 0.3) is 23.3 Å². The highest BCUT2D eigenvalue weighted by Crippen LogP contribution is 2.42. The van der Waals surface area contributed by atoms with Crippen molar-refractivity contribution < 1.29 is 29.1 Å². The summed E-state index contributed by atoms with van der Waals surface area (Å²) in [6.45, 7) is 32.2. The van der Waals surface area contributed by atoms with Gasteiger partial charge in [-0.2, -0.15) is 9.59 Å². The molecule has 386 valence electrons. The van der Waals surface area contributed by atoms with Crippen molar-refractivity contribution in [3.63, 3.8) is 0 Å². The zero-order valence-corrected chi connectivity index (χ0v) is 46.7. The number of carbonyl (C=O) groups excluding carboxylic acids is 2. The Hall–Kier alpha value is -5.14. The predicted molar refractivity (Wildman–Crippen MR) is 303 cm³/mol. The number of hydrogen-bond acceptors (Lipinski definition) is 6. The lowest BCUT2D eigenvalue weighted by molar-refractivity contribution is -0.191. The summed E-state index contributed by atoms with van der Waals surface area (Å²) in [5.74, 6) is 0. The maximum Gasteiger partial charge on any atom is 0.494 e. The van der Waals surface area contributed by atoms with Crippen LogP contribution in [-0.4, -0.2) is 45.9 Å². The molecule has 5 aromatic carbocycles. The Morgan fingerprint density at radius 3 is 1.22 bits per heavy atom. The lowest BCUT2D eigenvalue weighted by Gasteiger charge is -2.34. The number of rotatable bonds is 19. The minimum atomic E-state index is -0.735. The van der Waals surface area contributed by atoms with Gasteiger partial charge in [0, 0.05) is 10.8 Å². The zero-order valence-electron chi connectivity index (χ0n) is 46.7. The Labute approximate surface area is 435 Å². The summed E-state index contributed by atoms with van der Waals surface area (Å²) in [5, 5.41) is 21.3. The van der Waals surface area contributed by atoms with Gasteiger partial charge in [-0.1, -0.05) is 196 Å².